The summed E-state index contributed by atoms with van der Waals surface area (Å²) in [6.07, 6.45) is 3.81. The van der Waals surface area contributed by atoms with Gasteiger partial charge in [-0.25, -0.2) is 4.79 Å². The number of ether oxygens (including phenoxy) is 3. The van der Waals surface area contributed by atoms with Crippen LogP contribution in [0.25, 0.3) is 0 Å². The first kappa shape index (κ1) is 16.6. The van der Waals surface area contributed by atoms with Gasteiger partial charge in [-0.15, -0.1) is 0 Å². The van der Waals surface area contributed by atoms with Crippen LogP contribution in [-0.2, 0) is 16.0 Å². The van der Waals surface area contributed by atoms with E-state index >= 15 is 0 Å². The molecule has 0 N–H and O–H groups in total. The van der Waals surface area contributed by atoms with Crippen molar-refractivity contribution in [2.75, 3.05) is 7.11 Å². The molecule has 2 unspecified atom stereocenters. The van der Waals surface area contributed by atoms with Crippen LogP contribution >= 0.6 is 0 Å². The molecule has 10 heteroatoms. The van der Waals surface area contributed by atoms with E-state index in [1.807, 2.05) is 0 Å². The first-order chi connectivity index (χ1) is 12.9. The molecule has 27 heavy (non-hydrogen) atoms. The second kappa shape index (κ2) is 5.22. The van der Waals surface area contributed by atoms with Crippen molar-refractivity contribution in [1.82, 2.24) is 9.47 Å². The van der Waals surface area contributed by atoms with Crippen molar-refractivity contribution in [2.24, 2.45) is 5.41 Å². The number of esters is 1. The Hall–Kier alpha value is -2.62. The van der Waals surface area contributed by atoms with Gasteiger partial charge in [0.05, 0.1) is 19.8 Å². The number of nitrogens with zero attached hydrogens (tertiary/aromatic N) is 2. The molecule has 4 aliphatic rings. The summed E-state index contributed by atoms with van der Waals surface area (Å²) >= 11 is 0. The highest BCUT2D eigenvalue weighted by molar-refractivity contribution is 6.56. The second-order valence-electron chi connectivity index (χ2n) is 7.40. The van der Waals surface area contributed by atoms with Crippen molar-refractivity contribution >= 4 is 25.6 Å². The fourth-order valence-corrected chi connectivity index (χ4v) is 4.76. The molecule has 2 radical (unpaired) electrons. The Bertz CT molecular complexity index is 973. The average Bonchev–Trinajstić information content (AvgIpc) is 3.36. The van der Waals surface area contributed by atoms with Gasteiger partial charge in [-0.05, 0) is 19.3 Å². The van der Waals surface area contributed by atoms with E-state index in [1.54, 1.807) is 4.90 Å². The van der Waals surface area contributed by atoms with Gasteiger partial charge in [-0.2, -0.15) is 0 Å². The Morgan fingerprint density at radius 2 is 2.15 bits per heavy atom. The van der Waals surface area contributed by atoms with Crippen molar-refractivity contribution < 1.29 is 28.6 Å². The maximum Gasteiger partial charge on any atom is 0.350 e. The first-order valence-electron chi connectivity index (χ1n) is 8.68. The molecular weight excluding hydrogens is 355 g/mol. The fraction of sp³-hybridized carbons (Fsp3) is 0.529. The van der Waals surface area contributed by atoms with Gasteiger partial charge in [0.25, 0.3) is 5.91 Å². The van der Waals surface area contributed by atoms with Crippen LogP contribution in [0.4, 0.5) is 4.79 Å². The number of methoxy groups -OCH3 is 1. The molecule has 0 aromatic carbocycles. The van der Waals surface area contributed by atoms with Crippen LogP contribution < -0.4 is 10.2 Å². The molecular formula is C17H15BN2O7. The number of carbonyl (C=O) groups excluding carboxylic acids is 3. The van der Waals surface area contributed by atoms with E-state index in [0.717, 1.165) is 19.3 Å². The van der Waals surface area contributed by atoms with Gasteiger partial charge >= 0.3 is 5.97 Å². The quantitative estimate of drug-likeness (QED) is 0.411. The van der Waals surface area contributed by atoms with E-state index < -0.39 is 29.1 Å². The highest BCUT2D eigenvalue weighted by Crippen LogP contribution is 2.67. The minimum atomic E-state index is -1.32. The number of fused-ring (bicyclic) bond motifs is 3. The zero-order valence-electron chi connectivity index (χ0n) is 14.5. The molecule has 2 saturated carbocycles. The summed E-state index contributed by atoms with van der Waals surface area (Å²) < 4.78 is 17.0. The number of hydrogen-bond acceptors (Lipinski definition) is 7. The lowest BCUT2D eigenvalue weighted by Crippen LogP contribution is -2.61. The van der Waals surface area contributed by atoms with Gasteiger partial charge in [0.2, 0.25) is 19.1 Å². The van der Waals surface area contributed by atoms with Crippen LogP contribution in [0.3, 0.4) is 0 Å². The number of pyridine rings is 1. The molecule has 1 aromatic heterocycles. The topological polar surface area (TPSA) is 104 Å². The molecule has 1 saturated heterocycles. The molecule has 5 rings (SSSR count). The Kier molecular flexibility index (Phi) is 3.20. The molecule has 9 nitrogen and oxygen atoms in total. The minimum absolute atomic E-state index is 0.0674. The van der Waals surface area contributed by atoms with Gasteiger partial charge in [-0.3, -0.25) is 14.4 Å². The zero-order chi connectivity index (χ0) is 19.1. The molecule has 1 aromatic rings. The summed E-state index contributed by atoms with van der Waals surface area (Å²) in [6, 6.07) is 0.121. The van der Waals surface area contributed by atoms with Gasteiger partial charge in [0.1, 0.15) is 5.56 Å². The molecule has 4 atom stereocenters. The number of amides is 1. The van der Waals surface area contributed by atoms with Gasteiger partial charge in [0, 0.05) is 17.7 Å². The van der Waals surface area contributed by atoms with Crippen LogP contribution in [0.5, 0.6) is 5.75 Å². The zero-order valence-corrected chi connectivity index (χ0v) is 14.5. The predicted molar refractivity (Wildman–Crippen MR) is 88.7 cm³/mol. The normalized spacial score (nSPS) is 32.3. The molecule has 1 spiro atoms. The standard InChI is InChI=1S/C17H15BN2O7/c1-25-13-11-14(22)20-8-4-17(8)3-2-9(17)26-10(20)6-19(11)5-7(12(13)21)15(23)27-16(18)24/h5,8-10H,2-4,6H2,1H3/t8-,9?,10-,17?/m1/s1. The smallest absolute Gasteiger partial charge is 0.350 e. The Morgan fingerprint density at radius 1 is 1.37 bits per heavy atom. The maximum atomic E-state index is 13.2. The second-order valence-corrected chi connectivity index (χ2v) is 7.40. The van der Waals surface area contributed by atoms with E-state index in [1.165, 1.54) is 17.9 Å². The summed E-state index contributed by atoms with van der Waals surface area (Å²) in [7, 11) is 6.09. The Morgan fingerprint density at radius 3 is 2.78 bits per heavy atom. The van der Waals surface area contributed by atoms with Crippen LogP contribution in [0, 0.1) is 5.41 Å². The highest BCUT2D eigenvalue weighted by Gasteiger charge is 2.72. The van der Waals surface area contributed by atoms with Crippen molar-refractivity contribution in [1.29, 1.82) is 0 Å². The lowest BCUT2D eigenvalue weighted by atomic mass is 9.76. The van der Waals surface area contributed by atoms with E-state index in [0.29, 0.717) is 0 Å². The Balaban J connectivity index is 1.60. The number of carbonyl (C=O) groups is 3. The summed E-state index contributed by atoms with van der Waals surface area (Å²) in [5.41, 5.74) is -1.12. The molecule has 3 heterocycles. The molecule has 1 amide bonds. The van der Waals surface area contributed by atoms with Crippen molar-refractivity contribution in [3.63, 3.8) is 0 Å². The van der Waals surface area contributed by atoms with Crippen LogP contribution in [0.1, 0.15) is 40.1 Å². The molecule has 2 aliphatic heterocycles. The number of rotatable bonds is 2. The molecule has 2 aliphatic carbocycles. The fourth-order valence-electron chi connectivity index (χ4n) is 4.76. The van der Waals surface area contributed by atoms with Crippen LogP contribution in [-0.4, -0.2) is 60.5 Å². The summed E-state index contributed by atoms with van der Waals surface area (Å²) in [4.78, 5) is 50.4. The third-order valence-electron chi connectivity index (χ3n) is 6.20. The highest BCUT2D eigenvalue weighted by atomic mass is 16.6. The van der Waals surface area contributed by atoms with Crippen LogP contribution in [0.15, 0.2) is 11.0 Å². The summed E-state index contributed by atoms with van der Waals surface area (Å²) in [6.45, 7) is 0.248. The molecule has 3 fully saturated rings. The lowest BCUT2D eigenvalue weighted by Gasteiger charge is -2.51. The summed E-state index contributed by atoms with van der Waals surface area (Å²) in [5, 5.41) is 0. The van der Waals surface area contributed by atoms with Crippen molar-refractivity contribution in [3.8, 4) is 5.75 Å². The third kappa shape index (κ3) is 2.04. The van der Waals surface area contributed by atoms with E-state index in [9.17, 15) is 19.2 Å². The summed E-state index contributed by atoms with van der Waals surface area (Å²) in [5.74, 6) is -3.14. The van der Waals surface area contributed by atoms with Gasteiger partial charge in [0.15, 0.2) is 17.7 Å². The van der Waals surface area contributed by atoms with Crippen molar-refractivity contribution in [3.05, 3.63) is 27.7 Å². The van der Waals surface area contributed by atoms with Crippen LogP contribution in [0.2, 0.25) is 0 Å². The minimum Gasteiger partial charge on any atom is -0.491 e. The Labute approximate surface area is 154 Å². The lowest BCUT2D eigenvalue weighted by molar-refractivity contribution is -0.196. The molecule has 0 bridgehead atoms. The molecule has 138 valence electrons. The van der Waals surface area contributed by atoms with Gasteiger partial charge in [-0.1, -0.05) is 0 Å². The van der Waals surface area contributed by atoms with E-state index in [-0.39, 0.29) is 41.5 Å². The van der Waals surface area contributed by atoms with Gasteiger partial charge < -0.3 is 23.7 Å². The first-order valence-corrected chi connectivity index (χ1v) is 8.68. The van der Waals surface area contributed by atoms with Crippen molar-refractivity contribution in [2.45, 2.75) is 44.2 Å². The predicted octanol–water partition coefficient (Wildman–Crippen LogP) is 0.0354. The average molecular weight is 370 g/mol. The number of aromatic nitrogens is 1. The largest absolute Gasteiger partial charge is 0.491 e. The third-order valence-corrected chi connectivity index (χ3v) is 6.20. The monoisotopic (exact) mass is 370 g/mol. The maximum absolute atomic E-state index is 13.2. The number of hydrogen-bond donors (Lipinski definition) is 0. The SMILES string of the molecule is [B]C(=O)OC(=O)c1cn2c(c(OC)c1=O)C(=O)N1[C@@H](C2)OC2CCC23C[C@@H]13. The van der Waals surface area contributed by atoms with E-state index in [4.69, 9.17) is 17.3 Å². The van der Waals surface area contributed by atoms with E-state index in [2.05, 4.69) is 4.74 Å².